The van der Waals surface area contributed by atoms with Crippen molar-refractivity contribution in [3.63, 3.8) is 0 Å². The molecule has 47 heteroatoms. The number of nitrogens with zero attached hydrogens (tertiary/aromatic N) is 44. The Balaban J connectivity index is 4.05. The second-order valence-corrected chi connectivity index (χ2v) is 4.57. The van der Waals surface area contributed by atoms with E-state index < -0.39 is 17.8 Å². The van der Waals surface area contributed by atoms with Gasteiger partial charge < -0.3 is 0 Å². The molecule has 0 saturated heterocycles. The average Bonchev–Trinajstić information content (AvgIpc) is 3.08. The molecule has 1 N–H and O–H groups in total. The van der Waals surface area contributed by atoms with Crippen molar-refractivity contribution in [3.05, 3.63) is 0 Å². The van der Waals surface area contributed by atoms with Crippen LogP contribution < -0.4 is 0 Å². The predicted molar refractivity (Wildman–Crippen MR) is 110 cm³/mol. The molecule has 0 unspecified atom stereocenters. The summed E-state index contributed by atoms with van der Waals surface area (Å²) < 4.78 is 12.9. The molecule has 0 rings (SSSR count). The Bertz CT molecular complexity index is 1510. The third kappa shape index (κ3) is 37.5. The van der Waals surface area contributed by atoms with Crippen molar-refractivity contribution in [3.8, 4) is 0 Å². The summed E-state index contributed by atoms with van der Waals surface area (Å²) in [6, 6.07) is 0. The normalized spacial score (nSPS) is 15.1. The van der Waals surface area contributed by atoms with Crippen molar-refractivity contribution in [2.24, 2.45) is 228 Å². The topological polar surface area (TPSA) is 585 Å². The summed E-state index contributed by atoms with van der Waals surface area (Å²) in [6.45, 7) is 0. The van der Waals surface area contributed by atoms with E-state index in [0.717, 1.165) is 0 Å². The van der Waals surface area contributed by atoms with Crippen LogP contribution in [0.3, 0.4) is 0 Å². The minimum atomic E-state index is -1.19. The number of nitrogens with one attached hydrogen (secondary N) is 1. The second kappa shape index (κ2) is 37.5. The Morgan fingerprint density at radius 2 is 0.340 bits per heavy atom. The number of hydrogen-bond acceptors (Lipinski definition) is 3. The predicted octanol–water partition coefficient (Wildman–Crippen LogP) is 8.26. The molecule has 0 aliphatic rings. The first-order chi connectivity index (χ1) is 23.4. The van der Waals surface area contributed by atoms with Crippen molar-refractivity contribution in [2.45, 2.75) is 0 Å². The van der Waals surface area contributed by atoms with Gasteiger partial charge in [0.15, 0.2) is 0 Å². The third-order valence-electron chi connectivity index (χ3n) is 1.74. The van der Waals surface area contributed by atoms with E-state index in [1.807, 2.05) is 0 Å². The van der Waals surface area contributed by atoms with E-state index in [-0.39, 0.29) is 0 Å². The molecule has 0 aromatic carbocycles. The number of rotatable bonds is 22. The second-order valence-electron chi connectivity index (χ2n) is 3.98. The Morgan fingerprint density at radius 3 is 0.468 bits per heavy atom. The van der Waals surface area contributed by atoms with Gasteiger partial charge in [0.1, 0.15) is 0 Å². The van der Waals surface area contributed by atoms with Gasteiger partial charge in [-0.05, 0) is 41.8 Å². The molecule has 0 aromatic rings. The molecule has 0 amide bonds. The molecular formula is HN45OPd. The maximum atomic E-state index is 9.92. The van der Waals surface area contributed by atoms with Crippen LogP contribution >= 0.6 is 0 Å². The van der Waals surface area contributed by atoms with Gasteiger partial charge in [-0.1, -0.05) is 0 Å². The Morgan fingerprint density at radius 1 is 0.213 bits per heavy atom. The van der Waals surface area contributed by atoms with E-state index in [4.69, 9.17) is 5.53 Å². The molecule has 46 nitrogen and oxygen atoms in total. The van der Waals surface area contributed by atoms with Gasteiger partial charge in [-0.3, -0.25) is 0 Å². The van der Waals surface area contributed by atoms with Gasteiger partial charge in [0, 0.05) is 125 Å². The Hall–Kier alpha value is -8.54. The van der Waals surface area contributed by atoms with Crippen molar-refractivity contribution < 1.29 is 21.2 Å². The quantitative estimate of drug-likeness (QED) is 0.0636. The van der Waals surface area contributed by atoms with Crippen molar-refractivity contribution >= 4 is 0 Å². The maximum absolute atomic E-state index is 9.92. The van der Waals surface area contributed by atoms with Gasteiger partial charge >= 0.3 is 82.4 Å². The molecule has 242 valence electrons. The van der Waals surface area contributed by atoms with E-state index in [1.54, 1.807) is 0 Å². The van der Waals surface area contributed by atoms with Crippen LogP contribution in [0.5, 0.6) is 0 Å². The molecule has 0 radical (unpaired) electrons. The van der Waals surface area contributed by atoms with Crippen LogP contribution in [0.1, 0.15) is 0 Å². The van der Waals surface area contributed by atoms with Crippen LogP contribution in [0.4, 0.5) is 0 Å². The van der Waals surface area contributed by atoms with Crippen LogP contribution in [0, 0.1) is 5.53 Å². The molecule has 0 atom stereocenters. The zero-order chi connectivity index (χ0) is 33.8. The fraction of sp³-hybridized carbons (Fsp3) is 0. The fourth-order valence-electron chi connectivity index (χ4n) is 0.760. The van der Waals surface area contributed by atoms with Crippen LogP contribution in [0.25, 0.3) is 0 Å². The van der Waals surface area contributed by atoms with Crippen LogP contribution in [-0.4, -0.2) is 0 Å². The van der Waals surface area contributed by atoms with Crippen molar-refractivity contribution in [1.82, 2.24) is 0 Å². The van der Waals surface area contributed by atoms with Crippen LogP contribution in [0.15, 0.2) is 228 Å². The third-order valence-corrected chi connectivity index (χ3v) is 2.00. The van der Waals surface area contributed by atoms with Gasteiger partial charge in [-0.25, -0.2) is 0 Å². The van der Waals surface area contributed by atoms with Gasteiger partial charge in [-0.2, -0.15) is 5.53 Å². The monoisotopic (exact) mass is 753 g/mol. The Labute approximate surface area is 255 Å². The summed E-state index contributed by atoms with van der Waals surface area (Å²) in [4.78, 5) is 0. The van der Waals surface area contributed by atoms with Gasteiger partial charge in [-0.15, -0.1) is 0 Å². The molecule has 0 heterocycles. The SMILES string of the molecule is N=N/N=N/N=N/N=N/N=N/N=N/N=N/N=N/N=N/N=N/N=N/N=N/N=N/N=N/N=N/N=N/N=N/N=N/N=N/N=N/N=N/N=N/[N]=[Pd]=[O]. The van der Waals surface area contributed by atoms with E-state index in [0.29, 0.717) is 0 Å². The molecule has 0 aromatic heterocycles. The first-order valence-electron chi connectivity index (χ1n) is 9.09. The summed E-state index contributed by atoms with van der Waals surface area (Å²) in [7, 11) is 0. The van der Waals surface area contributed by atoms with Gasteiger partial charge in [0.2, 0.25) is 0 Å². The molecule has 47 heavy (non-hydrogen) atoms. The standard InChI is InChI=1S/HN45.O.Pd/c1-3-5-7-9-11-13-15-17-19-21-23-25-27-29-31-33-35-37-39-41-43-45-44-42-40-38-36-34-32-30-28-26-24-22-20-18-16-14-12-10-8-6-4-2;;/h1H;;/b3-1?,6-4+,7-5+,10-8+,11-9+,14-12+,15-13+,18-16+,19-17+,22-20+,23-21+,26-24+,27-25+,30-28+,31-29+,34-32+,35-33+,38-36+,39-37+,42-40+,43-41+,45-44+;;. The van der Waals surface area contributed by atoms with Crippen molar-refractivity contribution in [2.75, 3.05) is 0 Å². The molecule has 0 aliphatic carbocycles. The minimum absolute atomic E-state index is 1.19. The molecule has 0 spiro atoms. The summed E-state index contributed by atoms with van der Waals surface area (Å²) in [5, 5.41) is 127. The van der Waals surface area contributed by atoms with E-state index in [9.17, 15) is 3.47 Å². The number of hydrogen-bond donors (Lipinski definition) is 1. The zero-order valence-electron chi connectivity index (χ0n) is 20.9. The van der Waals surface area contributed by atoms with Gasteiger partial charge in [0.25, 0.3) is 0 Å². The molecule has 0 aliphatic heterocycles. The molecule has 0 saturated carbocycles. The molecule has 0 bridgehead atoms. The van der Waals surface area contributed by atoms with Crippen LogP contribution in [0.2, 0.25) is 0 Å². The summed E-state index contributed by atoms with van der Waals surface area (Å²) >= 11 is -1.19. The van der Waals surface area contributed by atoms with Crippen molar-refractivity contribution in [1.29, 1.82) is 5.53 Å². The Kier molecular flexibility index (Phi) is 30.7. The van der Waals surface area contributed by atoms with Crippen LogP contribution in [-0.2, 0) is 21.2 Å². The summed E-state index contributed by atoms with van der Waals surface area (Å²) in [5.74, 6) is 0. The first-order valence-corrected chi connectivity index (χ1v) is 10.4. The van der Waals surface area contributed by atoms with E-state index >= 15 is 0 Å². The molecule has 0 fully saturated rings. The zero-order valence-corrected chi connectivity index (χ0v) is 22.5. The summed E-state index contributed by atoms with van der Waals surface area (Å²) in [5.41, 5.74) is 6.25. The van der Waals surface area contributed by atoms with Gasteiger partial charge in [0.05, 0.1) is 0 Å². The fourth-order valence-corrected chi connectivity index (χ4v) is 0.879. The van der Waals surface area contributed by atoms with E-state index in [2.05, 4.69) is 228 Å². The van der Waals surface area contributed by atoms with E-state index in [1.165, 1.54) is 0 Å². The molecular weight excluding hydrogens is 753 g/mol. The average molecular weight is 754 g/mol. The first kappa shape index (κ1) is 38.5. The summed E-state index contributed by atoms with van der Waals surface area (Å²) in [6.07, 6.45) is 0.